The van der Waals surface area contributed by atoms with Gasteiger partial charge in [0.15, 0.2) is 0 Å². The van der Waals surface area contributed by atoms with Gasteiger partial charge in [-0.1, -0.05) is 13.8 Å². The molecule has 18 heavy (non-hydrogen) atoms. The lowest BCUT2D eigenvalue weighted by atomic mass is 9.69. The molecular weight excluding hydrogens is 246 g/mol. The van der Waals surface area contributed by atoms with Crippen LogP contribution in [0.2, 0.25) is 0 Å². The molecule has 1 aromatic rings. The molecule has 1 aromatic heterocycles. The van der Waals surface area contributed by atoms with Crippen molar-refractivity contribution in [1.82, 2.24) is 4.98 Å². The highest BCUT2D eigenvalue weighted by atomic mass is 32.1. The summed E-state index contributed by atoms with van der Waals surface area (Å²) in [4.78, 5) is 15.7. The zero-order valence-electron chi connectivity index (χ0n) is 11.0. The van der Waals surface area contributed by atoms with Gasteiger partial charge in [-0.05, 0) is 37.0 Å². The summed E-state index contributed by atoms with van der Waals surface area (Å²) in [5.41, 5.74) is 0. The molecule has 0 radical (unpaired) electrons. The molecule has 0 spiro atoms. The first-order valence-corrected chi connectivity index (χ1v) is 7.57. The fourth-order valence-electron chi connectivity index (χ4n) is 3.03. The largest absolute Gasteiger partial charge is 0.481 e. The first-order chi connectivity index (χ1) is 8.58. The van der Waals surface area contributed by atoms with Gasteiger partial charge in [0, 0.05) is 18.0 Å². The summed E-state index contributed by atoms with van der Waals surface area (Å²) in [7, 11) is 0. The summed E-state index contributed by atoms with van der Waals surface area (Å²) in [6.07, 6.45) is 5.56. The Balaban J connectivity index is 2.07. The summed E-state index contributed by atoms with van der Waals surface area (Å²) in [5, 5.41) is 12.4. The Morgan fingerprint density at radius 2 is 2.33 bits per heavy atom. The number of rotatable bonds is 4. The molecule has 2 rings (SSSR count). The first kappa shape index (κ1) is 13.5. The van der Waals surface area contributed by atoms with Gasteiger partial charge in [-0.2, -0.15) is 0 Å². The lowest BCUT2D eigenvalue weighted by Crippen LogP contribution is -2.33. The molecule has 0 aliphatic heterocycles. The second kappa shape index (κ2) is 5.83. The molecular formula is C14H21NO2S. The number of thiazole rings is 1. The number of carbonyl (C=O) groups is 1. The van der Waals surface area contributed by atoms with Crippen LogP contribution in [0, 0.1) is 23.7 Å². The predicted molar refractivity (Wildman–Crippen MR) is 72.6 cm³/mol. The minimum absolute atomic E-state index is 0.177. The molecule has 3 unspecified atom stereocenters. The van der Waals surface area contributed by atoms with Crippen LogP contribution < -0.4 is 0 Å². The molecule has 100 valence electrons. The summed E-state index contributed by atoms with van der Waals surface area (Å²) in [6, 6.07) is 0. The maximum absolute atomic E-state index is 11.4. The van der Waals surface area contributed by atoms with Crippen molar-refractivity contribution in [2.75, 3.05) is 0 Å². The van der Waals surface area contributed by atoms with E-state index in [0.29, 0.717) is 11.8 Å². The Labute approximate surface area is 112 Å². The van der Waals surface area contributed by atoms with Crippen molar-refractivity contribution in [3.05, 3.63) is 16.6 Å². The molecule has 3 nitrogen and oxygen atoms in total. The third kappa shape index (κ3) is 3.10. The average Bonchev–Trinajstić information content (AvgIpc) is 2.81. The van der Waals surface area contributed by atoms with E-state index < -0.39 is 5.97 Å². The van der Waals surface area contributed by atoms with E-state index in [1.165, 1.54) is 0 Å². The highest BCUT2D eigenvalue weighted by Gasteiger charge is 2.36. The SMILES string of the molecule is CC(C)C1CCC(C(=O)O)C(Cc2nccs2)C1. The minimum atomic E-state index is -0.626. The quantitative estimate of drug-likeness (QED) is 0.909. The van der Waals surface area contributed by atoms with E-state index in [-0.39, 0.29) is 11.8 Å². The summed E-state index contributed by atoms with van der Waals surface area (Å²) in [6.45, 7) is 4.48. The Bertz CT molecular complexity index is 389. The second-order valence-corrected chi connectivity index (χ2v) is 6.63. The topological polar surface area (TPSA) is 50.2 Å². The molecule has 0 amide bonds. The Morgan fingerprint density at radius 1 is 1.56 bits per heavy atom. The summed E-state index contributed by atoms with van der Waals surface area (Å²) < 4.78 is 0. The number of aromatic nitrogens is 1. The average molecular weight is 267 g/mol. The van der Waals surface area contributed by atoms with Crippen LogP contribution in [0.3, 0.4) is 0 Å². The lowest BCUT2D eigenvalue weighted by Gasteiger charge is -2.35. The molecule has 1 N–H and O–H groups in total. The van der Waals surface area contributed by atoms with E-state index in [0.717, 1.165) is 30.7 Å². The van der Waals surface area contributed by atoms with Gasteiger partial charge in [-0.15, -0.1) is 11.3 Å². The maximum Gasteiger partial charge on any atom is 0.306 e. The van der Waals surface area contributed by atoms with Crippen molar-refractivity contribution >= 4 is 17.3 Å². The molecule has 0 aromatic carbocycles. The number of aliphatic carboxylic acids is 1. The van der Waals surface area contributed by atoms with Crippen LogP contribution in [0.25, 0.3) is 0 Å². The number of nitrogens with zero attached hydrogens (tertiary/aromatic N) is 1. The minimum Gasteiger partial charge on any atom is -0.481 e. The Kier molecular flexibility index (Phi) is 4.38. The lowest BCUT2D eigenvalue weighted by molar-refractivity contribution is -0.145. The van der Waals surface area contributed by atoms with Gasteiger partial charge in [-0.25, -0.2) is 4.98 Å². The van der Waals surface area contributed by atoms with Gasteiger partial charge in [0.1, 0.15) is 0 Å². The zero-order valence-corrected chi connectivity index (χ0v) is 11.8. The molecule has 1 fully saturated rings. The van der Waals surface area contributed by atoms with Crippen molar-refractivity contribution in [1.29, 1.82) is 0 Å². The molecule has 0 saturated heterocycles. The maximum atomic E-state index is 11.4. The normalized spacial score (nSPS) is 28.5. The highest BCUT2D eigenvalue weighted by Crippen LogP contribution is 2.39. The molecule has 0 bridgehead atoms. The fraction of sp³-hybridized carbons (Fsp3) is 0.714. The van der Waals surface area contributed by atoms with E-state index in [1.54, 1.807) is 17.5 Å². The zero-order chi connectivity index (χ0) is 13.1. The van der Waals surface area contributed by atoms with Crippen molar-refractivity contribution in [3.8, 4) is 0 Å². The predicted octanol–water partition coefficient (Wildman–Crippen LogP) is 3.46. The van der Waals surface area contributed by atoms with E-state index in [9.17, 15) is 9.90 Å². The monoisotopic (exact) mass is 267 g/mol. The van der Waals surface area contributed by atoms with Gasteiger partial charge in [0.25, 0.3) is 0 Å². The van der Waals surface area contributed by atoms with Gasteiger partial charge in [0.05, 0.1) is 10.9 Å². The third-order valence-corrected chi connectivity index (χ3v) is 5.01. The van der Waals surface area contributed by atoms with Gasteiger partial charge < -0.3 is 5.11 Å². The number of hydrogen-bond donors (Lipinski definition) is 1. The molecule has 1 aliphatic carbocycles. The summed E-state index contributed by atoms with van der Waals surface area (Å²) in [5.74, 6) is 0.779. The van der Waals surface area contributed by atoms with Crippen LogP contribution in [0.15, 0.2) is 11.6 Å². The third-order valence-electron chi connectivity index (χ3n) is 4.20. The van der Waals surface area contributed by atoms with Crippen LogP contribution in [0.4, 0.5) is 0 Å². The highest BCUT2D eigenvalue weighted by molar-refractivity contribution is 7.09. The smallest absolute Gasteiger partial charge is 0.306 e. The number of carboxylic acid groups (broad SMARTS) is 1. The van der Waals surface area contributed by atoms with Crippen molar-refractivity contribution in [2.45, 2.75) is 39.5 Å². The van der Waals surface area contributed by atoms with Crippen molar-refractivity contribution < 1.29 is 9.90 Å². The standard InChI is InChI=1S/C14H21NO2S/c1-9(2)10-3-4-12(14(16)17)11(7-10)8-13-15-5-6-18-13/h5-6,9-12H,3-4,7-8H2,1-2H3,(H,16,17). The Hall–Kier alpha value is -0.900. The van der Waals surface area contributed by atoms with Crippen LogP contribution in [0.1, 0.15) is 38.1 Å². The molecule has 1 aliphatic rings. The van der Waals surface area contributed by atoms with Gasteiger partial charge in [0.2, 0.25) is 0 Å². The van der Waals surface area contributed by atoms with E-state index >= 15 is 0 Å². The molecule has 1 heterocycles. The van der Waals surface area contributed by atoms with Crippen molar-refractivity contribution in [2.24, 2.45) is 23.7 Å². The Morgan fingerprint density at radius 3 is 2.89 bits per heavy atom. The molecule has 1 saturated carbocycles. The van der Waals surface area contributed by atoms with Crippen LogP contribution >= 0.6 is 11.3 Å². The number of carboxylic acids is 1. The van der Waals surface area contributed by atoms with E-state index in [2.05, 4.69) is 18.8 Å². The first-order valence-electron chi connectivity index (χ1n) is 6.69. The second-order valence-electron chi connectivity index (χ2n) is 5.65. The number of hydrogen-bond acceptors (Lipinski definition) is 3. The van der Waals surface area contributed by atoms with E-state index in [4.69, 9.17) is 0 Å². The van der Waals surface area contributed by atoms with Crippen molar-refractivity contribution in [3.63, 3.8) is 0 Å². The van der Waals surface area contributed by atoms with Crippen LogP contribution in [0.5, 0.6) is 0 Å². The fourth-order valence-corrected chi connectivity index (χ4v) is 3.75. The molecule has 4 heteroatoms. The van der Waals surface area contributed by atoms with E-state index in [1.807, 2.05) is 5.38 Å². The summed E-state index contributed by atoms with van der Waals surface area (Å²) >= 11 is 1.64. The van der Waals surface area contributed by atoms with Gasteiger partial charge >= 0.3 is 5.97 Å². The van der Waals surface area contributed by atoms with Gasteiger partial charge in [-0.3, -0.25) is 4.79 Å². The van der Waals surface area contributed by atoms with Crippen LogP contribution in [-0.4, -0.2) is 16.1 Å². The molecule has 3 atom stereocenters. The van der Waals surface area contributed by atoms with Crippen LogP contribution in [-0.2, 0) is 11.2 Å².